The standard InChI is InChI=1S/C18H24N2O3/c1-3-10-19(12-13-4-5-13)16-11-17(21)20(18(16)22)14-6-8-15(23-2)9-7-14/h6-9,13,16H,3-5,10-12H2,1-2H3/p+1. The van der Waals surface area contributed by atoms with Crippen LogP contribution in [0.2, 0.25) is 0 Å². The van der Waals surface area contributed by atoms with Gasteiger partial charge in [-0.1, -0.05) is 6.92 Å². The molecule has 1 aliphatic heterocycles. The zero-order chi connectivity index (χ0) is 16.4. The van der Waals surface area contributed by atoms with Crippen molar-refractivity contribution in [2.24, 2.45) is 5.92 Å². The summed E-state index contributed by atoms with van der Waals surface area (Å²) in [6.07, 6.45) is 3.89. The SMILES string of the molecule is CCC[NH+](CC1CC1)C1CC(=O)N(c2ccc(OC)cc2)C1=O. The fraction of sp³-hybridized carbons (Fsp3) is 0.556. The molecule has 2 atom stereocenters. The summed E-state index contributed by atoms with van der Waals surface area (Å²) in [5.41, 5.74) is 0.644. The van der Waals surface area contributed by atoms with E-state index in [9.17, 15) is 9.59 Å². The molecule has 1 aromatic rings. The smallest absolute Gasteiger partial charge is 0.292 e. The maximum Gasteiger partial charge on any atom is 0.292 e. The van der Waals surface area contributed by atoms with Crippen LogP contribution in [0.25, 0.3) is 0 Å². The van der Waals surface area contributed by atoms with Crippen molar-refractivity contribution >= 4 is 17.5 Å². The van der Waals surface area contributed by atoms with Gasteiger partial charge in [-0.3, -0.25) is 9.59 Å². The molecule has 2 unspecified atom stereocenters. The number of rotatable bonds is 7. The van der Waals surface area contributed by atoms with Gasteiger partial charge in [-0.05, 0) is 43.5 Å². The fourth-order valence-electron chi connectivity index (χ4n) is 3.39. The molecule has 1 saturated heterocycles. The molecule has 2 fully saturated rings. The Hall–Kier alpha value is -1.88. The van der Waals surface area contributed by atoms with Crippen LogP contribution in [-0.4, -0.2) is 38.1 Å². The molecule has 23 heavy (non-hydrogen) atoms. The molecule has 0 radical (unpaired) electrons. The van der Waals surface area contributed by atoms with Gasteiger partial charge in [0.05, 0.1) is 32.3 Å². The third-order valence-corrected chi connectivity index (χ3v) is 4.79. The summed E-state index contributed by atoms with van der Waals surface area (Å²) in [5.74, 6) is 1.32. The Morgan fingerprint density at radius 2 is 1.91 bits per heavy atom. The first kappa shape index (κ1) is 16.0. The first-order valence-corrected chi connectivity index (χ1v) is 8.49. The minimum atomic E-state index is -0.217. The van der Waals surface area contributed by atoms with Crippen molar-refractivity contribution in [2.75, 3.05) is 25.1 Å². The lowest BCUT2D eigenvalue weighted by molar-refractivity contribution is -0.916. The second kappa shape index (κ2) is 6.71. The van der Waals surface area contributed by atoms with Gasteiger partial charge in [0.25, 0.3) is 5.91 Å². The van der Waals surface area contributed by atoms with Crippen LogP contribution in [0.4, 0.5) is 5.69 Å². The zero-order valence-corrected chi connectivity index (χ0v) is 13.9. The van der Waals surface area contributed by atoms with Crippen LogP contribution in [-0.2, 0) is 9.59 Å². The minimum absolute atomic E-state index is 0.0516. The third kappa shape index (κ3) is 3.39. The predicted molar refractivity (Wildman–Crippen MR) is 87.6 cm³/mol. The molecule has 1 saturated carbocycles. The highest BCUT2D eigenvalue weighted by Gasteiger charge is 2.46. The third-order valence-electron chi connectivity index (χ3n) is 4.79. The van der Waals surface area contributed by atoms with Gasteiger partial charge >= 0.3 is 0 Å². The summed E-state index contributed by atoms with van der Waals surface area (Å²) < 4.78 is 5.13. The number of hydrogen-bond acceptors (Lipinski definition) is 3. The van der Waals surface area contributed by atoms with E-state index in [-0.39, 0.29) is 17.9 Å². The number of benzene rings is 1. The zero-order valence-electron chi connectivity index (χ0n) is 13.9. The molecule has 1 aromatic carbocycles. The van der Waals surface area contributed by atoms with Crippen LogP contribution in [0.1, 0.15) is 32.6 Å². The molecule has 0 bridgehead atoms. The Bertz CT molecular complexity index is 580. The Morgan fingerprint density at radius 3 is 2.48 bits per heavy atom. The normalized spacial score (nSPS) is 22.5. The Labute approximate surface area is 137 Å². The number of ether oxygens (including phenoxy) is 1. The number of carbonyl (C=O) groups excluding carboxylic acids is 2. The monoisotopic (exact) mass is 317 g/mol. The number of amides is 2. The maximum atomic E-state index is 12.8. The van der Waals surface area contributed by atoms with E-state index in [0.29, 0.717) is 12.1 Å². The van der Waals surface area contributed by atoms with Crippen molar-refractivity contribution in [1.29, 1.82) is 0 Å². The van der Waals surface area contributed by atoms with Crippen LogP contribution in [0, 0.1) is 5.92 Å². The average Bonchev–Trinajstić information content (AvgIpc) is 3.32. The van der Waals surface area contributed by atoms with Crippen molar-refractivity contribution in [3.05, 3.63) is 24.3 Å². The summed E-state index contributed by atoms with van der Waals surface area (Å²) in [7, 11) is 1.60. The molecule has 3 rings (SSSR count). The molecular weight excluding hydrogens is 292 g/mol. The molecule has 1 heterocycles. The van der Waals surface area contributed by atoms with Crippen molar-refractivity contribution in [1.82, 2.24) is 0 Å². The molecule has 1 aliphatic carbocycles. The van der Waals surface area contributed by atoms with Crippen molar-refractivity contribution in [3.63, 3.8) is 0 Å². The van der Waals surface area contributed by atoms with E-state index in [1.54, 1.807) is 31.4 Å². The second-order valence-electron chi connectivity index (χ2n) is 6.58. The maximum absolute atomic E-state index is 12.8. The molecule has 0 aromatic heterocycles. The number of hydrogen-bond donors (Lipinski definition) is 1. The quantitative estimate of drug-likeness (QED) is 0.764. The first-order chi connectivity index (χ1) is 11.1. The molecule has 5 nitrogen and oxygen atoms in total. The van der Waals surface area contributed by atoms with E-state index in [2.05, 4.69) is 6.92 Å². The number of methoxy groups -OCH3 is 1. The van der Waals surface area contributed by atoms with E-state index in [4.69, 9.17) is 4.74 Å². The van der Waals surface area contributed by atoms with Gasteiger partial charge in [0, 0.05) is 5.92 Å². The molecule has 5 heteroatoms. The first-order valence-electron chi connectivity index (χ1n) is 8.49. The largest absolute Gasteiger partial charge is 0.497 e. The van der Waals surface area contributed by atoms with Gasteiger partial charge in [0.1, 0.15) is 5.75 Å². The van der Waals surface area contributed by atoms with Crippen LogP contribution in [0.3, 0.4) is 0 Å². The summed E-state index contributed by atoms with van der Waals surface area (Å²) in [5, 5.41) is 0. The van der Waals surface area contributed by atoms with E-state index >= 15 is 0 Å². The van der Waals surface area contributed by atoms with Gasteiger partial charge in [0.15, 0.2) is 6.04 Å². The van der Waals surface area contributed by atoms with E-state index in [1.165, 1.54) is 22.6 Å². The van der Waals surface area contributed by atoms with Gasteiger partial charge < -0.3 is 9.64 Å². The second-order valence-corrected chi connectivity index (χ2v) is 6.58. The van der Waals surface area contributed by atoms with Gasteiger partial charge in [-0.25, -0.2) is 4.90 Å². The lowest BCUT2D eigenvalue weighted by Crippen LogP contribution is -3.17. The van der Waals surface area contributed by atoms with Crippen molar-refractivity contribution in [3.8, 4) is 5.75 Å². The highest BCUT2D eigenvalue weighted by Crippen LogP contribution is 2.28. The number of nitrogens with zero attached hydrogens (tertiary/aromatic N) is 1. The summed E-state index contributed by atoms with van der Waals surface area (Å²) in [6.45, 7) is 4.11. The molecule has 0 spiro atoms. The van der Waals surface area contributed by atoms with Gasteiger partial charge in [0.2, 0.25) is 5.91 Å². The minimum Gasteiger partial charge on any atom is -0.497 e. The molecular formula is C18H25N2O3+. The van der Waals surface area contributed by atoms with Gasteiger partial charge in [-0.2, -0.15) is 0 Å². The molecule has 2 aliphatic rings. The average molecular weight is 317 g/mol. The topological polar surface area (TPSA) is 51.1 Å². The number of imide groups is 1. The summed E-state index contributed by atoms with van der Waals surface area (Å²) in [4.78, 5) is 27.9. The molecule has 2 amide bonds. The highest BCUT2D eigenvalue weighted by molar-refractivity contribution is 6.21. The lowest BCUT2D eigenvalue weighted by atomic mass is 10.2. The summed E-state index contributed by atoms with van der Waals surface area (Å²) >= 11 is 0. The predicted octanol–water partition coefficient (Wildman–Crippen LogP) is 1.03. The fourth-order valence-corrected chi connectivity index (χ4v) is 3.39. The van der Waals surface area contributed by atoms with Crippen LogP contribution >= 0.6 is 0 Å². The number of nitrogens with one attached hydrogen (secondary N) is 1. The van der Waals surface area contributed by atoms with Crippen molar-refractivity contribution < 1.29 is 19.2 Å². The number of carbonyl (C=O) groups is 2. The molecule has 124 valence electrons. The van der Waals surface area contributed by atoms with Gasteiger partial charge in [-0.15, -0.1) is 0 Å². The number of quaternary nitrogens is 1. The Balaban J connectivity index is 1.77. The highest BCUT2D eigenvalue weighted by atomic mass is 16.5. The van der Waals surface area contributed by atoms with E-state index in [0.717, 1.165) is 31.2 Å². The van der Waals surface area contributed by atoms with Crippen LogP contribution < -0.4 is 14.5 Å². The summed E-state index contributed by atoms with van der Waals surface area (Å²) in [6, 6.07) is 6.90. The Kier molecular flexibility index (Phi) is 4.66. The van der Waals surface area contributed by atoms with Crippen LogP contribution in [0.15, 0.2) is 24.3 Å². The number of anilines is 1. The Morgan fingerprint density at radius 1 is 1.22 bits per heavy atom. The lowest BCUT2D eigenvalue weighted by Gasteiger charge is -2.24. The van der Waals surface area contributed by atoms with Crippen molar-refractivity contribution in [2.45, 2.75) is 38.6 Å². The van der Waals surface area contributed by atoms with E-state index in [1.807, 2.05) is 0 Å². The van der Waals surface area contributed by atoms with E-state index < -0.39 is 0 Å². The van der Waals surface area contributed by atoms with Crippen LogP contribution in [0.5, 0.6) is 5.75 Å². The molecule has 1 N–H and O–H groups in total.